The monoisotopic (exact) mass is 339 g/mol. The molecule has 2 aromatic rings. The molecule has 0 spiro atoms. The van der Waals surface area contributed by atoms with Crippen molar-refractivity contribution in [2.75, 3.05) is 31.5 Å². The molecule has 1 aliphatic heterocycles. The van der Waals surface area contributed by atoms with E-state index in [2.05, 4.69) is 77.5 Å². The molecular formula is C20H25N3S. The molecule has 0 atom stereocenters. The smallest absolute Gasteiger partial charge is 0.173 e. The Morgan fingerprint density at radius 2 is 1.42 bits per heavy atom. The first-order chi connectivity index (χ1) is 11.6. The highest BCUT2D eigenvalue weighted by molar-refractivity contribution is 7.80. The van der Waals surface area contributed by atoms with Gasteiger partial charge in [-0.2, -0.15) is 0 Å². The van der Waals surface area contributed by atoms with Gasteiger partial charge in [-0.25, -0.2) is 0 Å². The second-order valence-corrected chi connectivity index (χ2v) is 6.93. The molecule has 0 saturated carbocycles. The van der Waals surface area contributed by atoms with E-state index < -0.39 is 0 Å². The molecule has 3 rings (SSSR count). The van der Waals surface area contributed by atoms with E-state index in [-0.39, 0.29) is 0 Å². The topological polar surface area (TPSA) is 18.5 Å². The molecule has 1 aliphatic rings. The standard InChI is InChI=1S/C20H25N3S/c1-16-3-7-18(8-4-16)15-22-11-13-23(14-12-22)20(24)21-19-9-5-17(2)6-10-19/h3-10H,11-15H2,1-2H3,(H,21,24). The lowest BCUT2D eigenvalue weighted by Gasteiger charge is -2.36. The maximum absolute atomic E-state index is 5.57. The van der Waals surface area contributed by atoms with Crippen molar-refractivity contribution in [3.8, 4) is 0 Å². The molecule has 2 aromatic carbocycles. The second-order valence-electron chi connectivity index (χ2n) is 6.54. The van der Waals surface area contributed by atoms with Gasteiger partial charge in [-0.1, -0.05) is 47.5 Å². The number of nitrogens with one attached hydrogen (secondary N) is 1. The highest BCUT2D eigenvalue weighted by Gasteiger charge is 2.19. The Morgan fingerprint density at radius 1 is 0.875 bits per heavy atom. The van der Waals surface area contributed by atoms with E-state index in [1.807, 2.05) is 0 Å². The van der Waals surface area contributed by atoms with E-state index in [9.17, 15) is 0 Å². The van der Waals surface area contributed by atoms with Crippen molar-refractivity contribution >= 4 is 23.0 Å². The fourth-order valence-corrected chi connectivity index (χ4v) is 3.20. The number of piperazine rings is 1. The van der Waals surface area contributed by atoms with E-state index in [4.69, 9.17) is 12.2 Å². The number of hydrogen-bond donors (Lipinski definition) is 1. The van der Waals surface area contributed by atoms with Crippen LogP contribution in [0.15, 0.2) is 48.5 Å². The molecule has 0 amide bonds. The molecule has 0 aromatic heterocycles. The fraction of sp³-hybridized carbons (Fsp3) is 0.350. The van der Waals surface area contributed by atoms with Crippen molar-refractivity contribution < 1.29 is 0 Å². The lowest BCUT2D eigenvalue weighted by Crippen LogP contribution is -2.49. The van der Waals surface area contributed by atoms with Crippen LogP contribution >= 0.6 is 12.2 Å². The predicted octanol–water partition coefficient (Wildman–Crippen LogP) is 3.82. The van der Waals surface area contributed by atoms with Gasteiger partial charge in [-0.3, -0.25) is 4.90 Å². The maximum atomic E-state index is 5.57. The molecule has 3 nitrogen and oxygen atoms in total. The summed E-state index contributed by atoms with van der Waals surface area (Å²) in [5.41, 5.74) is 5.02. The number of hydrogen-bond acceptors (Lipinski definition) is 2. The first kappa shape index (κ1) is 16.9. The summed E-state index contributed by atoms with van der Waals surface area (Å²) in [6, 6.07) is 17.2. The molecule has 4 heteroatoms. The Balaban J connectivity index is 1.48. The van der Waals surface area contributed by atoms with E-state index in [0.29, 0.717) is 0 Å². The first-order valence-corrected chi connectivity index (χ1v) is 8.91. The maximum Gasteiger partial charge on any atom is 0.173 e. The zero-order chi connectivity index (χ0) is 16.9. The number of thiocarbonyl (C=S) groups is 1. The predicted molar refractivity (Wildman–Crippen MR) is 105 cm³/mol. The number of benzene rings is 2. The summed E-state index contributed by atoms with van der Waals surface area (Å²) in [6.45, 7) is 9.28. The number of aryl methyl sites for hydroxylation is 2. The first-order valence-electron chi connectivity index (χ1n) is 8.51. The minimum absolute atomic E-state index is 0.828. The third-order valence-electron chi connectivity index (χ3n) is 4.49. The van der Waals surface area contributed by atoms with Crippen molar-refractivity contribution in [3.05, 3.63) is 65.2 Å². The molecule has 126 valence electrons. The highest BCUT2D eigenvalue weighted by Crippen LogP contribution is 2.13. The zero-order valence-corrected chi connectivity index (χ0v) is 15.3. The molecule has 1 saturated heterocycles. The molecule has 1 fully saturated rings. The molecule has 24 heavy (non-hydrogen) atoms. The zero-order valence-electron chi connectivity index (χ0n) is 14.5. The second kappa shape index (κ2) is 7.77. The Hall–Kier alpha value is -1.91. The van der Waals surface area contributed by atoms with Crippen molar-refractivity contribution in [1.82, 2.24) is 9.80 Å². The number of rotatable bonds is 3. The van der Waals surface area contributed by atoms with Gasteiger partial charge in [0.1, 0.15) is 0 Å². The van der Waals surface area contributed by atoms with Gasteiger partial charge in [-0.05, 0) is 43.8 Å². The molecule has 0 aliphatic carbocycles. The van der Waals surface area contributed by atoms with Gasteiger partial charge in [0.25, 0.3) is 0 Å². The molecule has 1 N–H and O–H groups in total. The molecule has 0 unspecified atom stereocenters. The minimum atomic E-state index is 0.828. The highest BCUT2D eigenvalue weighted by atomic mass is 32.1. The third-order valence-corrected chi connectivity index (χ3v) is 4.85. The number of anilines is 1. The summed E-state index contributed by atoms with van der Waals surface area (Å²) in [7, 11) is 0. The molecule has 0 bridgehead atoms. The fourth-order valence-electron chi connectivity index (χ4n) is 2.90. The average molecular weight is 340 g/mol. The van der Waals surface area contributed by atoms with Crippen LogP contribution in [-0.2, 0) is 6.54 Å². The summed E-state index contributed by atoms with van der Waals surface area (Å²) >= 11 is 5.57. The summed E-state index contributed by atoms with van der Waals surface area (Å²) in [5.74, 6) is 0. The minimum Gasteiger partial charge on any atom is -0.346 e. The third kappa shape index (κ3) is 4.56. The van der Waals surface area contributed by atoms with Crippen LogP contribution in [0, 0.1) is 13.8 Å². The lowest BCUT2D eigenvalue weighted by molar-refractivity contribution is 0.177. The summed E-state index contributed by atoms with van der Waals surface area (Å²) in [4.78, 5) is 4.76. The SMILES string of the molecule is Cc1ccc(CN2CCN(C(=S)Nc3ccc(C)cc3)CC2)cc1. The molecule has 1 heterocycles. The van der Waals surface area contributed by atoms with Crippen LogP contribution < -0.4 is 5.32 Å². The number of nitrogens with zero attached hydrogens (tertiary/aromatic N) is 2. The summed E-state index contributed by atoms with van der Waals surface area (Å²) in [5, 5.41) is 4.18. The van der Waals surface area contributed by atoms with Crippen molar-refractivity contribution in [2.45, 2.75) is 20.4 Å². The van der Waals surface area contributed by atoms with E-state index in [1.54, 1.807) is 0 Å². The Kier molecular flexibility index (Phi) is 5.48. The van der Waals surface area contributed by atoms with E-state index >= 15 is 0 Å². The Bertz CT molecular complexity index is 671. The van der Waals surface area contributed by atoms with E-state index in [1.165, 1.54) is 16.7 Å². The quantitative estimate of drug-likeness (QED) is 0.857. The van der Waals surface area contributed by atoms with Gasteiger partial charge in [-0.15, -0.1) is 0 Å². The van der Waals surface area contributed by atoms with Gasteiger partial charge >= 0.3 is 0 Å². The summed E-state index contributed by atoms with van der Waals surface area (Å²) in [6.07, 6.45) is 0. The van der Waals surface area contributed by atoms with Crippen molar-refractivity contribution in [3.63, 3.8) is 0 Å². The lowest BCUT2D eigenvalue weighted by atomic mass is 10.1. The molecule has 0 radical (unpaired) electrons. The van der Waals surface area contributed by atoms with Crippen molar-refractivity contribution in [1.29, 1.82) is 0 Å². The van der Waals surface area contributed by atoms with Gasteiger partial charge in [0.2, 0.25) is 0 Å². The van der Waals surface area contributed by atoms with Crippen LogP contribution in [0.1, 0.15) is 16.7 Å². The normalized spacial score (nSPS) is 15.3. The largest absolute Gasteiger partial charge is 0.346 e. The Morgan fingerprint density at radius 3 is 2.00 bits per heavy atom. The van der Waals surface area contributed by atoms with Crippen LogP contribution in [-0.4, -0.2) is 41.1 Å². The van der Waals surface area contributed by atoms with Gasteiger partial charge in [0.15, 0.2) is 5.11 Å². The van der Waals surface area contributed by atoms with E-state index in [0.717, 1.165) is 43.5 Å². The van der Waals surface area contributed by atoms with Gasteiger partial charge in [0.05, 0.1) is 0 Å². The van der Waals surface area contributed by atoms with Crippen LogP contribution in [0.5, 0.6) is 0 Å². The average Bonchev–Trinajstić information content (AvgIpc) is 2.59. The van der Waals surface area contributed by atoms with Crippen molar-refractivity contribution in [2.24, 2.45) is 0 Å². The van der Waals surface area contributed by atoms with Crippen LogP contribution in [0.2, 0.25) is 0 Å². The van der Waals surface area contributed by atoms with Gasteiger partial charge < -0.3 is 10.2 Å². The van der Waals surface area contributed by atoms with Gasteiger partial charge in [0, 0.05) is 38.4 Å². The van der Waals surface area contributed by atoms with Crippen LogP contribution in [0.3, 0.4) is 0 Å². The summed E-state index contributed by atoms with van der Waals surface area (Å²) < 4.78 is 0. The van der Waals surface area contributed by atoms with Crippen LogP contribution in [0.4, 0.5) is 5.69 Å². The van der Waals surface area contributed by atoms with Crippen LogP contribution in [0.25, 0.3) is 0 Å². The Labute approximate surface area is 150 Å². The molecular weight excluding hydrogens is 314 g/mol.